The van der Waals surface area contributed by atoms with Crippen LogP contribution < -0.4 is 29.1 Å². The molecule has 4 aromatic rings. The van der Waals surface area contributed by atoms with E-state index in [1.54, 1.807) is 43.3 Å². The Balaban J connectivity index is 1.62. The van der Waals surface area contributed by atoms with Crippen molar-refractivity contribution in [2.45, 2.75) is 19.6 Å². The number of nitrogens with zero attached hydrogens (tertiary/aromatic N) is 2. The van der Waals surface area contributed by atoms with E-state index >= 15 is 0 Å². The van der Waals surface area contributed by atoms with Gasteiger partial charge in [-0.1, -0.05) is 66.5 Å². The molecule has 43 heavy (non-hydrogen) atoms. The number of fused-ring (bicyclic) bond motifs is 1. The van der Waals surface area contributed by atoms with Crippen molar-refractivity contribution in [2.24, 2.45) is 4.99 Å². The van der Waals surface area contributed by atoms with Crippen molar-refractivity contribution in [1.29, 1.82) is 0 Å². The van der Waals surface area contributed by atoms with Crippen molar-refractivity contribution in [2.75, 3.05) is 20.8 Å². The van der Waals surface area contributed by atoms with Gasteiger partial charge in [0.1, 0.15) is 13.2 Å². The molecule has 220 valence electrons. The Morgan fingerprint density at radius 2 is 1.81 bits per heavy atom. The van der Waals surface area contributed by atoms with Crippen LogP contribution in [0.15, 0.2) is 100 Å². The van der Waals surface area contributed by atoms with Gasteiger partial charge in [-0.15, -0.1) is 0 Å². The minimum absolute atomic E-state index is 0.00498. The van der Waals surface area contributed by atoms with Gasteiger partial charge in [0.15, 0.2) is 27.8 Å². The highest BCUT2D eigenvalue weighted by molar-refractivity contribution is 7.07. The molecule has 0 bridgehead atoms. The van der Waals surface area contributed by atoms with Crippen LogP contribution in [0.1, 0.15) is 29.7 Å². The van der Waals surface area contributed by atoms with E-state index in [9.17, 15) is 14.7 Å². The van der Waals surface area contributed by atoms with Gasteiger partial charge in [-0.05, 0) is 54.0 Å². The number of methoxy groups -OCH3 is 2. The standard InChI is InChI=1S/C33H30N2O7S/c1-5-15-41-32(38)29-20(2)34-33-35(31(37)28(43-33)17-22-11-13-24(36)26(16-22)39-3)30(29)23-12-14-25(27(18-23)40-4)42-19-21-9-7-6-8-10-21/h5-14,16-18,30,36H,1,15,19H2,2-4H3/b28-17-. The summed E-state index contributed by atoms with van der Waals surface area (Å²) in [5, 5.41) is 9.98. The van der Waals surface area contributed by atoms with Crippen LogP contribution in [0.2, 0.25) is 0 Å². The summed E-state index contributed by atoms with van der Waals surface area (Å²) in [6.07, 6.45) is 3.17. The van der Waals surface area contributed by atoms with Crippen molar-refractivity contribution in [3.8, 4) is 23.0 Å². The first-order valence-electron chi connectivity index (χ1n) is 13.4. The second-order valence-electron chi connectivity index (χ2n) is 9.58. The molecular formula is C33H30N2O7S. The molecule has 0 spiro atoms. The van der Waals surface area contributed by atoms with Crippen LogP contribution in [0.3, 0.4) is 0 Å². The van der Waals surface area contributed by atoms with E-state index in [4.69, 9.17) is 18.9 Å². The van der Waals surface area contributed by atoms with Crippen LogP contribution in [-0.2, 0) is 16.1 Å². The van der Waals surface area contributed by atoms with E-state index in [0.29, 0.717) is 44.3 Å². The first kappa shape index (κ1) is 29.4. The Morgan fingerprint density at radius 3 is 2.53 bits per heavy atom. The summed E-state index contributed by atoms with van der Waals surface area (Å²) in [5.41, 5.74) is 2.58. The van der Waals surface area contributed by atoms with Gasteiger partial charge in [0.25, 0.3) is 5.56 Å². The zero-order chi connectivity index (χ0) is 30.5. The van der Waals surface area contributed by atoms with Crippen LogP contribution in [0.4, 0.5) is 0 Å². The summed E-state index contributed by atoms with van der Waals surface area (Å²) in [6, 6.07) is 19.0. The highest BCUT2D eigenvalue weighted by Gasteiger charge is 2.34. The quantitative estimate of drug-likeness (QED) is 0.215. The predicted octanol–water partition coefficient (Wildman–Crippen LogP) is 4.27. The zero-order valence-electron chi connectivity index (χ0n) is 23.9. The Hall–Kier alpha value is -5.09. The maximum absolute atomic E-state index is 13.9. The second kappa shape index (κ2) is 12.8. The Labute approximate surface area is 251 Å². The fraction of sp³-hybridized carbons (Fsp3) is 0.182. The molecule has 0 radical (unpaired) electrons. The molecule has 1 N–H and O–H groups in total. The molecule has 1 atom stereocenters. The average Bonchev–Trinajstić information content (AvgIpc) is 3.33. The Bertz CT molecular complexity index is 1890. The SMILES string of the molecule is C=CCOC(=O)C1=C(C)N=c2s/c(=C\c3ccc(O)c(OC)c3)c(=O)n2C1c1ccc(OCc2ccccc2)c(OC)c1. The molecule has 0 aliphatic carbocycles. The summed E-state index contributed by atoms with van der Waals surface area (Å²) in [6.45, 7) is 5.69. The van der Waals surface area contributed by atoms with E-state index in [2.05, 4.69) is 11.6 Å². The van der Waals surface area contributed by atoms with Crippen LogP contribution in [0.5, 0.6) is 23.0 Å². The largest absolute Gasteiger partial charge is 0.504 e. The van der Waals surface area contributed by atoms with Gasteiger partial charge >= 0.3 is 5.97 Å². The molecule has 3 aromatic carbocycles. The summed E-state index contributed by atoms with van der Waals surface area (Å²) in [7, 11) is 2.99. The van der Waals surface area contributed by atoms with Gasteiger partial charge in [-0.2, -0.15) is 0 Å². The van der Waals surface area contributed by atoms with Gasteiger partial charge in [0.05, 0.1) is 36.1 Å². The number of thiazole rings is 1. The number of allylic oxidation sites excluding steroid dienone is 1. The maximum atomic E-state index is 13.9. The number of carbonyl (C=O) groups excluding carboxylic acids is 1. The molecule has 0 saturated carbocycles. The number of phenolic OH excluding ortho intramolecular Hbond substituents is 1. The number of hydrogen-bond donors (Lipinski definition) is 1. The molecule has 0 saturated heterocycles. The van der Waals surface area contributed by atoms with Crippen molar-refractivity contribution < 1.29 is 28.8 Å². The third-order valence-electron chi connectivity index (χ3n) is 6.82. The molecule has 5 rings (SSSR count). The van der Waals surface area contributed by atoms with Crippen molar-refractivity contribution in [3.05, 3.63) is 127 Å². The monoisotopic (exact) mass is 598 g/mol. The second-order valence-corrected chi connectivity index (χ2v) is 10.6. The molecule has 1 aliphatic heterocycles. The van der Waals surface area contributed by atoms with Gasteiger partial charge < -0.3 is 24.1 Å². The lowest BCUT2D eigenvalue weighted by molar-refractivity contribution is -0.138. The summed E-state index contributed by atoms with van der Waals surface area (Å²) >= 11 is 1.19. The topological polar surface area (TPSA) is 109 Å². The number of benzene rings is 3. The smallest absolute Gasteiger partial charge is 0.338 e. The summed E-state index contributed by atoms with van der Waals surface area (Å²) in [5.74, 6) is 0.626. The molecule has 10 heteroatoms. The van der Waals surface area contributed by atoms with Gasteiger partial charge in [0, 0.05) is 0 Å². The number of esters is 1. The molecule has 1 unspecified atom stereocenters. The van der Waals surface area contributed by atoms with E-state index in [1.165, 1.54) is 42.3 Å². The van der Waals surface area contributed by atoms with Crippen molar-refractivity contribution in [1.82, 2.24) is 4.57 Å². The number of hydrogen-bond acceptors (Lipinski definition) is 9. The van der Waals surface area contributed by atoms with Crippen LogP contribution in [0, 0.1) is 0 Å². The summed E-state index contributed by atoms with van der Waals surface area (Å²) < 4.78 is 24.2. The highest BCUT2D eigenvalue weighted by Crippen LogP contribution is 2.36. The maximum Gasteiger partial charge on any atom is 0.338 e. The number of carbonyl (C=O) groups is 1. The van der Waals surface area contributed by atoms with E-state index in [-0.39, 0.29) is 29.2 Å². The number of rotatable bonds is 10. The third kappa shape index (κ3) is 6.09. The van der Waals surface area contributed by atoms with Crippen LogP contribution in [-0.4, -0.2) is 36.5 Å². The third-order valence-corrected chi connectivity index (χ3v) is 7.80. The first-order valence-corrected chi connectivity index (χ1v) is 14.2. The molecule has 2 heterocycles. The fourth-order valence-electron chi connectivity index (χ4n) is 4.75. The molecule has 0 amide bonds. The highest BCUT2D eigenvalue weighted by atomic mass is 32.1. The average molecular weight is 599 g/mol. The van der Waals surface area contributed by atoms with Crippen LogP contribution in [0.25, 0.3) is 6.08 Å². The lowest BCUT2D eigenvalue weighted by atomic mass is 9.95. The number of phenols is 1. The number of aromatic hydroxyl groups is 1. The lowest BCUT2D eigenvalue weighted by Crippen LogP contribution is -2.40. The molecular weight excluding hydrogens is 568 g/mol. The Morgan fingerprint density at radius 1 is 1.05 bits per heavy atom. The van der Waals surface area contributed by atoms with Gasteiger partial charge in [-0.3, -0.25) is 9.36 Å². The molecule has 0 fully saturated rings. The zero-order valence-corrected chi connectivity index (χ0v) is 24.7. The van der Waals surface area contributed by atoms with E-state index < -0.39 is 12.0 Å². The molecule has 1 aliphatic rings. The normalized spacial score (nSPS) is 14.5. The first-order chi connectivity index (χ1) is 20.8. The summed E-state index contributed by atoms with van der Waals surface area (Å²) in [4.78, 5) is 32.3. The van der Waals surface area contributed by atoms with Crippen molar-refractivity contribution >= 4 is 23.4 Å². The van der Waals surface area contributed by atoms with Crippen molar-refractivity contribution in [3.63, 3.8) is 0 Å². The van der Waals surface area contributed by atoms with Crippen LogP contribution >= 0.6 is 11.3 Å². The van der Waals surface area contributed by atoms with E-state index in [1.807, 2.05) is 30.3 Å². The fourth-order valence-corrected chi connectivity index (χ4v) is 5.80. The molecule has 1 aromatic heterocycles. The number of ether oxygens (including phenoxy) is 4. The predicted molar refractivity (Wildman–Crippen MR) is 163 cm³/mol. The minimum Gasteiger partial charge on any atom is -0.504 e. The van der Waals surface area contributed by atoms with Gasteiger partial charge in [0.2, 0.25) is 0 Å². The lowest BCUT2D eigenvalue weighted by Gasteiger charge is -2.25. The Kier molecular flexibility index (Phi) is 8.77. The molecule has 9 nitrogen and oxygen atoms in total. The minimum atomic E-state index is -0.845. The van der Waals surface area contributed by atoms with E-state index in [0.717, 1.165) is 5.56 Å². The van der Waals surface area contributed by atoms with Gasteiger partial charge in [-0.25, -0.2) is 9.79 Å². The number of aromatic nitrogens is 1.